The molecule has 1 rings (SSSR count). The normalized spacial score (nSPS) is 19.0. The van der Waals surface area contributed by atoms with E-state index in [1.165, 1.54) is 17.9 Å². The Morgan fingerprint density at radius 2 is 2.29 bits per heavy atom. The van der Waals surface area contributed by atoms with Crippen molar-refractivity contribution in [3.05, 3.63) is 15.3 Å². The van der Waals surface area contributed by atoms with Crippen LogP contribution >= 0.6 is 0 Å². The quantitative estimate of drug-likeness (QED) is 0.331. The molecule has 0 radical (unpaired) electrons. The highest BCUT2D eigenvalue weighted by Gasteiger charge is 2.14. The first-order chi connectivity index (χ1) is 6.56. The highest BCUT2D eigenvalue weighted by molar-refractivity contribution is 5.53. The van der Waals surface area contributed by atoms with Crippen LogP contribution in [0.1, 0.15) is 19.8 Å². The van der Waals surface area contributed by atoms with Gasteiger partial charge in [0.15, 0.2) is 13.0 Å². The van der Waals surface area contributed by atoms with Gasteiger partial charge in [0.25, 0.3) is 0 Å². The van der Waals surface area contributed by atoms with E-state index in [0.29, 0.717) is 0 Å². The van der Waals surface area contributed by atoms with Crippen LogP contribution in [0.5, 0.6) is 0 Å². The zero-order valence-electron chi connectivity index (χ0n) is 8.05. The number of hydrogen-bond acceptors (Lipinski definition) is 6. The summed E-state index contributed by atoms with van der Waals surface area (Å²) in [7, 11) is 0. The van der Waals surface area contributed by atoms with E-state index in [-0.39, 0.29) is 0 Å². The van der Waals surface area contributed by atoms with Crippen molar-refractivity contribution in [3.63, 3.8) is 0 Å². The lowest BCUT2D eigenvalue weighted by Gasteiger charge is -2.07. The van der Waals surface area contributed by atoms with E-state index in [1.807, 2.05) is 0 Å². The first kappa shape index (κ1) is 12.6. The Morgan fingerprint density at radius 3 is 2.64 bits per heavy atom. The molecule has 3 N–H and O–H groups in total. The molecule has 1 heterocycles. The predicted molar refractivity (Wildman–Crippen MR) is 50.5 cm³/mol. The van der Waals surface area contributed by atoms with E-state index >= 15 is 0 Å². The molecule has 8 nitrogen and oxygen atoms in total. The van der Waals surface area contributed by atoms with Gasteiger partial charge < -0.3 is 15.3 Å². The van der Waals surface area contributed by atoms with Crippen LogP contribution in [0.15, 0.2) is 5.10 Å². The molecule has 0 saturated carbocycles. The Morgan fingerprint density at radius 1 is 1.71 bits per heavy atom. The molecule has 0 aromatic carbocycles. The fourth-order valence-electron chi connectivity index (χ4n) is 0.973. The molecule has 8 heteroatoms. The van der Waals surface area contributed by atoms with Crippen LogP contribution in [0.3, 0.4) is 0 Å². The fraction of sp³-hybridized carbons (Fsp3) is 0.833. The Hall–Kier alpha value is -1.41. The van der Waals surface area contributed by atoms with Crippen molar-refractivity contribution in [2.24, 2.45) is 10.9 Å². The van der Waals surface area contributed by atoms with Gasteiger partial charge in [0.1, 0.15) is 6.54 Å². The lowest BCUT2D eigenvalue weighted by Crippen LogP contribution is -3.07. The third-order valence-electron chi connectivity index (χ3n) is 1.57. The number of unbranched alkanes of at least 4 members (excludes halogenated alkanes) is 1. The van der Waals surface area contributed by atoms with Crippen molar-refractivity contribution >= 4 is 6.34 Å². The summed E-state index contributed by atoms with van der Waals surface area (Å²) in [5, 5.41) is 21.7. The number of nitrogens with one attached hydrogen (secondary N) is 1. The second kappa shape index (κ2) is 7.04. The van der Waals surface area contributed by atoms with E-state index < -0.39 is 5.09 Å². The van der Waals surface area contributed by atoms with Crippen LogP contribution in [0, 0.1) is 15.3 Å². The van der Waals surface area contributed by atoms with Crippen LogP contribution in [-0.2, 0) is 0 Å². The minimum Gasteiger partial charge on any atom is -0.356 e. The van der Waals surface area contributed by atoms with Gasteiger partial charge in [-0.25, -0.2) is 10.9 Å². The van der Waals surface area contributed by atoms with Gasteiger partial charge in [-0.1, -0.05) is 18.4 Å². The van der Waals surface area contributed by atoms with Gasteiger partial charge >= 0.3 is 0 Å². The van der Waals surface area contributed by atoms with Gasteiger partial charge in [-0.3, -0.25) is 0 Å². The summed E-state index contributed by atoms with van der Waals surface area (Å²) in [5.41, 5.74) is 0. The molecule has 82 valence electrons. The number of hydrogen-bond donors (Lipinski definition) is 2. The number of rotatable bonds is 3. The lowest BCUT2D eigenvalue weighted by atomic mass is 10.3. The zero-order chi connectivity index (χ0) is 11.0. The summed E-state index contributed by atoms with van der Waals surface area (Å²) in [4.78, 5) is 8.25. The molecular weight excluding hydrogens is 190 g/mol. The van der Waals surface area contributed by atoms with Gasteiger partial charge in [-0.2, -0.15) is 5.01 Å². The molecule has 1 aliphatic heterocycles. The van der Waals surface area contributed by atoms with Crippen LogP contribution in [-0.4, -0.2) is 29.6 Å². The van der Waals surface area contributed by atoms with Gasteiger partial charge in [-0.05, 0) is 6.42 Å². The molecular formula is C6H15N5O3. The predicted octanol–water partition coefficient (Wildman–Crippen LogP) is -1.48. The molecule has 1 atom stereocenters. The van der Waals surface area contributed by atoms with Crippen LogP contribution < -0.4 is 10.9 Å². The summed E-state index contributed by atoms with van der Waals surface area (Å²) in [6, 6.07) is 0. The lowest BCUT2D eigenvalue weighted by molar-refractivity contribution is -0.908. The highest BCUT2D eigenvalue weighted by Crippen LogP contribution is 1.80. The topological polar surface area (TPSA) is 112 Å². The largest absolute Gasteiger partial charge is 0.356 e. The van der Waals surface area contributed by atoms with Crippen molar-refractivity contribution in [2.75, 3.05) is 13.2 Å². The Kier molecular flexibility index (Phi) is 6.33. The van der Waals surface area contributed by atoms with E-state index in [4.69, 9.17) is 21.2 Å². The third-order valence-corrected chi connectivity index (χ3v) is 1.57. The standard InChI is InChI=1S/C6H14N4.NO3/c1-2-3-4-10-6-9(7)5-8-10;2-1(3)4/h5H,2-4,6-7H2,1H3;/q;-1/p+1. The molecule has 0 amide bonds. The molecule has 0 spiro atoms. The minimum atomic E-state index is -1.75. The van der Waals surface area contributed by atoms with Crippen LogP contribution in [0.2, 0.25) is 0 Å². The van der Waals surface area contributed by atoms with Crippen molar-refractivity contribution < 1.29 is 10.1 Å². The summed E-state index contributed by atoms with van der Waals surface area (Å²) in [6.45, 7) is 4.10. The van der Waals surface area contributed by atoms with Crippen molar-refractivity contribution in [1.29, 1.82) is 0 Å². The van der Waals surface area contributed by atoms with E-state index in [9.17, 15) is 0 Å². The molecule has 14 heavy (non-hydrogen) atoms. The first-order valence-corrected chi connectivity index (χ1v) is 4.28. The molecule has 0 saturated heterocycles. The second-order valence-corrected chi connectivity index (χ2v) is 2.81. The number of nitrogens with zero attached hydrogens (tertiary/aromatic N) is 3. The van der Waals surface area contributed by atoms with E-state index in [2.05, 4.69) is 12.0 Å². The van der Waals surface area contributed by atoms with Gasteiger partial charge in [0.2, 0.25) is 0 Å². The average molecular weight is 205 g/mol. The Labute approximate surface area is 81.7 Å². The first-order valence-electron chi connectivity index (χ1n) is 4.28. The van der Waals surface area contributed by atoms with Crippen molar-refractivity contribution in [2.45, 2.75) is 19.8 Å². The molecule has 0 bridgehead atoms. The SMILES string of the molecule is CCCC[NH+]1CN(N)C=N1.O=[N+]([O-])[O-]. The maximum Gasteiger partial charge on any atom is 0.191 e. The third kappa shape index (κ3) is 7.25. The Balaban J connectivity index is 0.000000364. The molecule has 0 aromatic heterocycles. The summed E-state index contributed by atoms with van der Waals surface area (Å²) < 4.78 is 0. The van der Waals surface area contributed by atoms with Crippen molar-refractivity contribution in [3.8, 4) is 0 Å². The van der Waals surface area contributed by atoms with Gasteiger partial charge in [0.05, 0.1) is 5.09 Å². The van der Waals surface area contributed by atoms with E-state index in [1.54, 1.807) is 11.3 Å². The molecule has 1 unspecified atom stereocenters. The summed E-state index contributed by atoms with van der Waals surface area (Å²) in [6.07, 6.45) is 4.13. The molecule has 1 aliphatic rings. The second-order valence-electron chi connectivity index (χ2n) is 2.81. The van der Waals surface area contributed by atoms with Gasteiger partial charge in [-0.15, -0.1) is 0 Å². The summed E-state index contributed by atoms with van der Waals surface area (Å²) in [5.74, 6) is 5.46. The molecule has 0 aromatic rings. The maximum absolute atomic E-state index is 8.25. The Bertz CT molecular complexity index is 194. The number of nitrogens with two attached hydrogens (primary N) is 1. The van der Waals surface area contributed by atoms with E-state index in [0.717, 1.165) is 13.2 Å². The number of hydrazine groups is 1. The van der Waals surface area contributed by atoms with Gasteiger partial charge in [0, 0.05) is 0 Å². The number of quaternary nitrogens is 1. The molecule has 0 aliphatic carbocycles. The molecule has 0 fully saturated rings. The summed E-state index contributed by atoms with van der Waals surface area (Å²) >= 11 is 0. The monoisotopic (exact) mass is 205 g/mol. The van der Waals surface area contributed by atoms with Crippen LogP contribution in [0.4, 0.5) is 0 Å². The van der Waals surface area contributed by atoms with Crippen molar-refractivity contribution in [1.82, 2.24) is 5.01 Å². The van der Waals surface area contributed by atoms with Crippen LogP contribution in [0.25, 0.3) is 0 Å². The maximum atomic E-state index is 8.25. The highest BCUT2D eigenvalue weighted by atomic mass is 16.9. The average Bonchev–Trinajstić information content (AvgIpc) is 2.47. The minimum absolute atomic E-state index is 0.819. The zero-order valence-corrected chi connectivity index (χ0v) is 8.05. The smallest absolute Gasteiger partial charge is 0.191 e. The fourth-order valence-corrected chi connectivity index (χ4v) is 0.973.